The summed E-state index contributed by atoms with van der Waals surface area (Å²) in [5.74, 6) is 2.99. The van der Waals surface area contributed by atoms with E-state index in [4.69, 9.17) is 4.74 Å². The van der Waals surface area contributed by atoms with Crippen molar-refractivity contribution in [2.45, 2.75) is 38.9 Å². The molecule has 0 aromatic rings. The van der Waals surface area contributed by atoms with Crippen molar-refractivity contribution in [3.05, 3.63) is 0 Å². The Kier molecular flexibility index (Phi) is 9.10. The number of nitrogens with zero attached hydrogens (tertiary/aromatic N) is 2. The van der Waals surface area contributed by atoms with Crippen molar-refractivity contribution < 1.29 is 4.74 Å². The van der Waals surface area contributed by atoms with Gasteiger partial charge in [-0.2, -0.15) is 11.8 Å². The number of thioether (sulfide) groups is 1. The molecule has 0 aromatic heterocycles. The fourth-order valence-electron chi connectivity index (χ4n) is 2.28. The number of ether oxygens (including phenoxy) is 1. The Morgan fingerprint density at radius 1 is 1.45 bits per heavy atom. The van der Waals surface area contributed by atoms with E-state index in [1.165, 1.54) is 5.75 Å². The molecule has 1 saturated heterocycles. The second-order valence-corrected chi connectivity index (χ2v) is 6.82. The topological polar surface area (TPSA) is 36.9 Å². The maximum atomic E-state index is 5.35. The molecule has 118 valence electrons. The Morgan fingerprint density at radius 2 is 2.25 bits per heavy atom. The Hall–Kier alpha value is -0.420. The molecule has 1 fully saturated rings. The van der Waals surface area contributed by atoms with Crippen LogP contribution in [0.3, 0.4) is 0 Å². The summed E-state index contributed by atoms with van der Waals surface area (Å²) in [6.45, 7) is 11.5. The van der Waals surface area contributed by atoms with Crippen LogP contribution in [0, 0.1) is 5.92 Å². The van der Waals surface area contributed by atoms with Crippen LogP contribution in [0.2, 0.25) is 0 Å². The van der Waals surface area contributed by atoms with Gasteiger partial charge in [-0.25, -0.2) is 0 Å². The molecule has 1 N–H and O–H groups in total. The van der Waals surface area contributed by atoms with Crippen LogP contribution in [-0.2, 0) is 4.74 Å². The normalized spacial score (nSPS) is 20.6. The number of unbranched alkanes of at least 4 members (excludes halogenated alkanes) is 1. The van der Waals surface area contributed by atoms with Gasteiger partial charge in [0.15, 0.2) is 5.96 Å². The zero-order valence-corrected chi connectivity index (χ0v) is 14.3. The lowest BCUT2D eigenvalue weighted by molar-refractivity contribution is 0.143. The van der Waals surface area contributed by atoms with Gasteiger partial charge in [-0.05, 0) is 25.7 Å². The van der Waals surface area contributed by atoms with Gasteiger partial charge in [-0.15, -0.1) is 0 Å². The van der Waals surface area contributed by atoms with Crippen LogP contribution in [0.4, 0.5) is 0 Å². The van der Waals surface area contributed by atoms with E-state index in [0.29, 0.717) is 0 Å². The third kappa shape index (κ3) is 6.35. The fraction of sp³-hybridized carbons (Fsp3) is 0.933. The molecule has 1 atom stereocenters. The van der Waals surface area contributed by atoms with Gasteiger partial charge < -0.3 is 15.0 Å². The molecule has 4 nitrogen and oxygen atoms in total. The van der Waals surface area contributed by atoms with E-state index in [9.17, 15) is 0 Å². The average molecular weight is 302 g/mol. The summed E-state index contributed by atoms with van der Waals surface area (Å²) in [6.07, 6.45) is 2.25. The SMILES string of the molecule is CCOCCCCNC(=NC)N1CCSC(C(C)C)C1. The maximum absolute atomic E-state index is 5.35. The van der Waals surface area contributed by atoms with Gasteiger partial charge in [0.2, 0.25) is 0 Å². The molecule has 1 rings (SSSR count). The molecule has 0 bridgehead atoms. The molecule has 0 spiro atoms. The number of nitrogens with one attached hydrogen (secondary N) is 1. The lowest BCUT2D eigenvalue weighted by Gasteiger charge is -2.36. The van der Waals surface area contributed by atoms with E-state index in [2.05, 4.69) is 40.8 Å². The monoisotopic (exact) mass is 301 g/mol. The van der Waals surface area contributed by atoms with Gasteiger partial charge >= 0.3 is 0 Å². The van der Waals surface area contributed by atoms with Crippen molar-refractivity contribution in [3.63, 3.8) is 0 Å². The molecule has 1 aliphatic heterocycles. The highest BCUT2D eigenvalue weighted by atomic mass is 32.2. The average Bonchev–Trinajstić information content (AvgIpc) is 2.46. The molecule has 20 heavy (non-hydrogen) atoms. The molecular weight excluding hydrogens is 270 g/mol. The molecule has 0 aromatic carbocycles. The van der Waals surface area contributed by atoms with E-state index >= 15 is 0 Å². The standard InChI is InChI=1S/C15H31N3OS/c1-5-19-10-7-6-8-17-15(16-4)18-9-11-20-14(12-18)13(2)3/h13-14H,5-12H2,1-4H3,(H,16,17). The van der Waals surface area contributed by atoms with Crippen molar-refractivity contribution in [2.24, 2.45) is 10.9 Å². The van der Waals surface area contributed by atoms with Crippen LogP contribution in [0.5, 0.6) is 0 Å². The smallest absolute Gasteiger partial charge is 0.193 e. The van der Waals surface area contributed by atoms with Gasteiger partial charge in [0, 0.05) is 50.9 Å². The zero-order valence-electron chi connectivity index (χ0n) is 13.5. The number of hydrogen-bond donors (Lipinski definition) is 1. The largest absolute Gasteiger partial charge is 0.382 e. The predicted molar refractivity (Wildman–Crippen MR) is 89.7 cm³/mol. The van der Waals surface area contributed by atoms with Crippen LogP contribution >= 0.6 is 11.8 Å². The summed E-state index contributed by atoms with van der Waals surface area (Å²) in [4.78, 5) is 6.84. The van der Waals surface area contributed by atoms with Crippen LogP contribution in [0.25, 0.3) is 0 Å². The summed E-state index contributed by atoms with van der Waals surface area (Å²) in [6, 6.07) is 0. The number of rotatable bonds is 7. The van der Waals surface area contributed by atoms with Gasteiger partial charge in [0.05, 0.1) is 0 Å². The molecule has 1 aliphatic rings. The van der Waals surface area contributed by atoms with E-state index in [1.807, 2.05) is 14.0 Å². The fourth-order valence-corrected chi connectivity index (χ4v) is 3.58. The van der Waals surface area contributed by atoms with E-state index in [0.717, 1.165) is 62.8 Å². The lowest BCUT2D eigenvalue weighted by Crippen LogP contribution is -2.49. The molecule has 1 heterocycles. The molecule has 0 radical (unpaired) electrons. The first-order valence-electron chi connectivity index (χ1n) is 7.84. The minimum atomic E-state index is 0.722. The summed E-state index contributed by atoms with van der Waals surface area (Å²) in [5, 5.41) is 4.21. The Labute approximate surface area is 128 Å². The van der Waals surface area contributed by atoms with Gasteiger partial charge in [-0.1, -0.05) is 13.8 Å². The molecule has 0 amide bonds. The first-order valence-corrected chi connectivity index (χ1v) is 8.88. The Morgan fingerprint density at radius 3 is 2.90 bits per heavy atom. The van der Waals surface area contributed by atoms with Crippen LogP contribution in [-0.4, -0.2) is 61.8 Å². The summed E-state index contributed by atoms with van der Waals surface area (Å²) >= 11 is 2.10. The highest BCUT2D eigenvalue weighted by Crippen LogP contribution is 2.24. The molecule has 0 saturated carbocycles. The van der Waals surface area contributed by atoms with E-state index < -0.39 is 0 Å². The highest BCUT2D eigenvalue weighted by Gasteiger charge is 2.24. The third-order valence-corrected chi connectivity index (χ3v) is 5.09. The summed E-state index contributed by atoms with van der Waals surface area (Å²) in [5.41, 5.74) is 0. The first-order chi connectivity index (χ1) is 9.69. The van der Waals surface area contributed by atoms with Crippen molar-refractivity contribution >= 4 is 17.7 Å². The Balaban J connectivity index is 2.27. The van der Waals surface area contributed by atoms with Crippen molar-refractivity contribution in [3.8, 4) is 0 Å². The Bertz CT molecular complexity index is 284. The van der Waals surface area contributed by atoms with Crippen molar-refractivity contribution in [1.82, 2.24) is 10.2 Å². The predicted octanol–water partition coefficient (Wildman–Crippen LogP) is 2.45. The zero-order chi connectivity index (χ0) is 14.8. The molecular formula is C15H31N3OS. The number of aliphatic imine (C=N–C) groups is 1. The minimum Gasteiger partial charge on any atom is -0.382 e. The molecule has 1 unspecified atom stereocenters. The minimum absolute atomic E-state index is 0.722. The van der Waals surface area contributed by atoms with Gasteiger partial charge in [0.1, 0.15) is 0 Å². The number of guanidine groups is 1. The van der Waals surface area contributed by atoms with Crippen LogP contribution in [0.15, 0.2) is 4.99 Å². The number of hydrogen-bond acceptors (Lipinski definition) is 3. The van der Waals surface area contributed by atoms with Crippen LogP contribution in [0.1, 0.15) is 33.6 Å². The molecule has 0 aliphatic carbocycles. The maximum Gasteiger partial charge on any atom is 0.193 e. The second kappa shape index (κ2) is 10.3. The van der Waals surface area contributed by atoms with Gasteiger partial charge in [-0.3, -0.25) is 4.99 Å². The van der Waals surface area contributed by atoms with Crippen molar-refractivity contribution in [2.75, 3.05) is 45.6 Å². The first kappa shape index (κ1) is 17.6. The van der Waals surface area contributed by atoms with E-state index in [-0.39, 0.29) is 0 Å². The van der Waals surface area contributed by atoms with Crippen molar-refractivity contribution in [1.29, 1.82) is 0 Å². The summed E-state index contributed by atoms with van der Waals surface area (Å²) < 4.78 is 5.35. The lowest BCUT2D eigenvalue weighted by atomic mass is 10.1. The third-order valence-electron chi connectivity index (χ3n) is 3.55. The molecule has 5 heteroatoms. The van der Waals surface area contributed by atoms with Crippen LogP contribution < -0.4 is 5.32 Å². The second-order valence-electron chi connectivity index (χ2n) is 5.48. The highest BCUT2D eigenvalue weighted by molar-refractivity contribution is 8.00. The van der Waals surface area contributed by atoms with Gasteiger partial charge in [0.25, 0.3) is 0 Å². The summed E-state index contributed by atoms with van der Waals surface area (Å²) in [7, 11) is 1.88. The van der Waals surface area contributed by atoms with E-state index in [1.54, 1.807) is 0 Å². The quantitative estimate of drug-likeness (QED) is 0.445.